The van der Waals surface area contributed by atoms with Gasteiger partial charge in [-0.3, -0.25) is 0 Å². The Bertz CT molecular complexity index is 826. The van der Waals surface area contributed by atoms with E-state index in [1.165, 1.54) is 6.33 Å². The lowest BCUT2D eigenvalue weighted by molar-refractivity contribution is 0.438. The fraction of sp³-hybridized carbons (Fsp3) is 0.333. The first-order valence-electron chi connectivity index (χ1n) is 7.84. The molecule has 0 aliphatic carbocycles. The topological polar surface area (TPSA) is 60.2 Å². The summed E-state index contributed by atoms with van der Waals surface area (Å²) in [5, 5.41) is 10.2. The van der Waals surface area contributed by atoms with Gasteiger partial charge in [0, 0.05) is 19.3 Å². The lowest BCUT2D eigenvalue weighted by atomic mass is 9.98. The zero-order chi connectivity index (χ0) is 16.4. The highest BCUT2D eigenvalue weighted by atomic mass is 16.5. The number of benzene rings is 1. The van der Waals surface area contributed by atoms with Crippen LogP contribution < -0.4 is 4.74 Å². The summed E-state index contributed by atoms with van der Waals surface area (Å²) in [6, 6.07) is 7.35. The number of hydrogen-bond donors (Lipinski definition) is 1. The fourth-order valence-corrected chi connectivity index (χ4v) is 2.57. The van der Waals surface area contributed by atoms with Crippen LogP contribution in [0.15, 0.2) is 36.8 Å². The molecule has 2 aromatic heterocycles. The van der Waals surface area contributed by atoms with Gasteiger partial charge in [-0.25, -0.2) is 4.98 Å². The molecule has 0 amide bonds. The molecule has 120 valence electrons. The predicted octanol–water partition coefficient (Wildman–Crippen LogP) is 4.05. The molecule has 1 atom stereocenters. The van der Waals surface area contributed by atoms with Crippen LogP contribution in [0.5, 0.6) is 17.4 Å². The minimum atomic E-state index is 0.264. The Labute approximate surface area is 135 Å². The Morgan fingerprint density at radius 2 is 2.09 bits per heavy atom. The molecule has 1 N–H and O–H groups in total. The average Bonchev–Trinajstić information content (AvgIpc) is 2.92. The fourth-order valence-electron chi connectivity index (χ4n) is 2.57. The van der Waals surface area contributed by atoms with Gasteiger partial charge in [-0.1, -0.05) is 26.3 Å². The van der Waals surface area contributed by atoms with Crippen molar-refractivity contribution in [2.75, 3.05) is 0 Å². The van der Waals surface area contributed by atoms with E-state index in [9.17, 15) is 5.11 Å². The van der Waals surface area contributed by atoms with Crippen molar-refractivity contribution in [3.8, 4) is 17.4 Å². The van der Waals surface area contributed by atoms with E-state index in [0.29, 0.717) is 17.5 Å². The van der Waals surface area contributed by atoms with Gasteiger partial charge >= 0.3 is 0 Å². The molecular formula is C18H21N3O2. The van der Waals surface area contributed by atoms with Crippen molar-refractivity contribution in [1.29, 1.82) is 0 Å². The summed E-state index contributed by atoms with van der Waals surface area (Å²) in [5.74, 6) is 1.85. The quantitative estimate of drug-likeness (QED) is 0.772. The number of rotatable bonds is 5. The van der Waals surface area contributed by atoms with Crippen LogP contribution in [0.4, 0.5) is 0 Å². The second-order valence-electron chi connectivity index (χ2n) is 5.95. The van der Waals surface area contributed by atoms with Gasteiger partial charge in [-0.05, 0) is 30.0 Å². The van der Waals surface area contributed by atoms with Crippen LogP contribution in [0.1, 0.15) is 25.8 Å². The molecule has 2 heterocycles. The third kappa shape index (κ3) is 3.13. The van der Waals surface area contributed by atoms with Gasteiger partial charge in [0.2, 0.25) is 5.88 Å². The Morgan fingerprint density at radius 1 is 1.26 bits per heavy atom. The first-order valence-corrected chi connectivity index (χ1v) is 7.84. The molecule has 5 nitrogen and oxygen atoms in total. The van der Waals surface area contributed by atoms with Crippen LogP contribution in [0.3, 0.4) is 0 Å². The lowest BCUT2D eigenvalue weighted by Gasteiger charge is -2.12. The molecule has 0 spiro atoms. The first-order chi connectivity index (χ1) is 11.1. The van der Waals surface area contributed by atoms with Gasteiger partial charge < -0.3 is 14.4 Å². The summed E-state index contributed by atoms with van der Waals surface area (Å²) in [6.45, 7) is 4.33. The number of phenolic OH excluding ortho intramolecular Hbond substituents is 1. The van der Waals surface area contributed by atoms with Crippen LogP contribution in [0, 0.1) is 5.92 Å². The van der Waals surface area contributed by atoms with Gasteiger partial charge in [0.25, 0.3) is 0 Å². The van der Waals surface area contributed by atoms with Crippen molar-refractivity contribution in [2.24, 2.45) is 13.0 Å². The van der Waals surface area contributed by atoms with Crippen LogP contribution in [0.25, 0.3) is 11.0 Å². The number of nitrogens with zero attached hydrogens (tertiary/aromatic N) is 3. The second kappa shape index (κ2) is 6.28. The molecule has 0 bridgehead atoms. The van der Waals surface area contributed by atoms with Gasteiger partial charge in [-0.15, -0.1) is 0 Å². The molecule has 3 aromatic rings. The maximum absolute atomic E-state index is 10.2. The molecule has 5 heteroatoms. The Morgan fingerprint density at radius 3 is 2.83 bits per heavy atom. The maximum Gasteiger partial charge on any atom is 0.247 e. The van der Waals surface area contributed by atoms with Gasteiger partial charge in [0.1, 0.15) is 23.3 Å². The zero-order valence-corrected chi connectivity index (χ0v) is 13.7. The largest absolute Gasteiger partial charge is 0.508 e. The third-order valence-corrected chi connectivity index (χ3v) is 4.16. The van der Waals surface area contributed by atoms with Crippen molar-refractivity contribution in [3.63, 3.8) is 0 Å². The summed E-state index contributed by atoms with van der Waals surface area (Å²) in [5.41, 5.74) is 2.60. The number of aromatic hydroxyl groups is 1. The minimum Gasteiger partial charge on any atom is -0.508 e. The van der Waals surface area contributed by atoms with E-state index >= 15 is 0 Å². The SMILES string of the molecule is CC[C@H](C)Cc1ccc(Oc2ncnc3ccn(C)c23)cc1O. The molecule has 1 aromatic carbocycles. The molecule has 0 radical (unpaired) electrons. The third-order valence-electron chi connectivity index (χ3n) is 4.16. The summed E-state index contributed by atoms with van der Waals surface area (Å²) < 4.78 is 7.78. The lowest BCUT2D eigenvalue weighted by Crippen LogP contribution is -1.99. The van der Waals surface area contributed by atoms with E-state index in [1.807, 2.05) is 36.0 Å². The first kappa shape index (κ1) is 15.3. The normalized spacial score (nSPS) is 12.5. The molecule has 0 aliphatic rings. The molecule has 3 rings (SSSR count). The van der Waals surface area contributed by atoms with Crippen molar-refractivity contribution in [1.82, 2.24) is 14.5 Å². The molecule has 0 fully saturated rings. The van der Waals surface area contributed by atoms with E-state index in [0.717, 1.165) is 29.4 Å². The molecule has 0 unspecified atom stereocenters. The smallest absolute Gasteiger partial charge is 0.247 e. The highest BCUT2D eigenvalue weighted by Crippen LogP contribution is 2.31. The van der Waals surface area contributed by atoms with Crippen LogP contribution in [0.2, 0.25) is 0 Å². The summed E-state index contributed by atoms with van der Waals surface area (Å²) in [6.07, 6.45) is 5.34. The van der Waals surface area contributed by atoms with Crippen LogP contribution in [-0.4, -0.2) is 19.6 Å². The number of ether oxygens (including phenoxy) is 1. The zero-order valence-electron chi connectivity index (χ0n) is 13.7. The molecule has 0 aliphatic heterocycles. The number of aryl methyl sites for hydroxylation is 1. The van der Waals surface area contributed by atoms with E-state index in [2.05, 4.69) is 23.8 Å². The van der Waals surface area contributed by atoms with Crippen molar-refractivity contribution in [3.05, 3.63) is 42.4 Å². The Kier molecular flexibility index (Phi) is 4.19. The van der Waals surface area contributed by atoms with Gasteiger partial charge in [-0.2, -0.15) is 4.98 Å². The van der Waals surface area contributed by atoms with E-state index in [1.54, 1.807) is 6.07 Å². The molecule has 0 saturated heterocycles. The van der Waals surface area contributed by atoms with Crippen LogP contribution >= 0.6 is 0 Å². The Hall–Kier alpha value is -2.56. The van der Waals surface area contributed by atoms with Crippen molar-refractivity contribution >= 4 is 11.0 Å². The molecule has 23 heavy (non-hydrogen) atoms. The van der Waals surface area contributed by atoms with E-state index in [4.69, 9.17) is 4.74 Å². The van der Waals surface area contributed by atoms with Gasteiger partial charge in [0.05, 0.1) is 5.52 Å². The maximum atomic E-state index is 10.2. The van der Waals surface area contributed by atoms with E-state index in [-0.39, 0.29) is 5.75 Å². The Balaban J connectivity index is 1.88. The van der Waals surface area contributed by atoms with Crippen molar-refractivity contribution < 1.29 is 9.84 Å². The molecular weight excluding hydrogens is 290 g/mol. The number of aromatic nitrogens is 3. The number of hydrogen-bond acceptors (Lipinski definition) is 4. The van der Waals surface area contributed by atoms with Crippen molar-refractivity contribution in [2.45, 2.75) is 26.7 Å². The summed E-state index contributed by atoms with van der Waals surface area (Å²) in [4.78, 5) is 8.43. The average molecular weight is 311 g/mol. The van der Waals surface area contributed by atoms with E-state index < -0.39 is 0 Å². The summed E-state index contributed by atoms with van der Waals surface area (Å²) in [7, 11) is 1.92. The monoisotopic (exact) mass is 311 g/mol. The number of fused-ring (bicyclic) bond motifs is 1. The van der Waals surface area contributed by atoms with Crippen LogP contribution in [-0.2, 0) is 13.5 Å². The highest BCUT2D eigenvalue weighted by Gasteiger charge is 2.12. The molecule has 0 saturated carbocycles. The van der Waals surface area contributed by atoms with Gasteiger partial charge in [0.15, 0.2) is 0 Å². The number of phenols is 1. The predicted molar refractivity (Wildman–Crippen MR) is 89.8 cm³/mol. The standard InChI is InChI=1S/C18H21N3O2/c1-4-12(2)9-13-5-6-14(10-16(13)22)23-18-17-15(19-11-20-18)7-8-21(17)3/h5-8,10-12,22H,4,9H2,1-3H3/t12-/m0/s1. The second-order valence-corrected chi connectivity index (χ2v) is 5.95. The highest BCUT2D eigenvalue weighted by molar-refractivity contribution is 5.80. The minimum absolute atomic E-state index is 0.264. The summed E-state index contributed by atoms with van der Waals surface area (Å²) >= 11 is 0.